The van der Waals surface area contributed by atoms with Crippen LogP contribution >= 0.6 is 23.2 Å². The molecular weight excluding hydrogens is 415 g/mol. The van der Waals surface area contributed by atoms with Gasteiger partial charge in [0.1, 0.15) is 18.1 Å². The van der Waals surface area contributed by atoms with Crippen LogP contribution in [0, 0.1) is 6.92 Å². The van der Waals surface area contributed by atoms with Crippen molar-refractivity contribution in [3.05, 3.63) is 63.3 Å². The van der Waals surface area contributed by atoms with Crippen LogP contribution in [0.3, 0.4) is 0 Å². The molecule has 0 aliphatic carbocycles. The van der Waals surface area contributed by atoms with Gasteiger partial charge in [0.2, 0.25) is 5.88 Å². The number of benzene rings is 2. The zero-order chi connectivity index (χ0) is 21.0. The van der Waals surface area contributed by atoms with Gasteiger partial charge in [-0.2, -0.15) is 5.10 Å². The molecule has 0 aliphatic heterocycles. The van der Waals surface area contributed by atoms with Gasteiger partial charge < -0.3 is 18.9 Å². The van der Waals surface area contributed by atoms with Crippen LogP contribution in [-0.4, -0.2) is 24.0 Å². The summed E-state index contributed by atoms with van der Waals surface area (Å²) in [5.74, 6) is 2.22. The molecule has 3 aromatic rings. The van der Waals surface area contributed by atoms with Gasteiger partial charge in [0, 0.05) is 20.2 Å². The molecule has 0 atom stereocenters. The standard InChI is InChI=1S/C21H22Cl2N2O4/c1-13-16(12-26-3)21(25(2)24-13)29-20-10-19(17(22)9-18(20)23)28-11-14-5-7-15(27-4)8-6-14/h5-10H,11-12H2,1-4H3. The van der Waals surface area contributed by atoms with E-state index in [0.29, 0.717) is 40.6 Å². The van der Waals surface area contributed by atoms with E-state index in [2.05, 4.69) is 5.10 Å². The zero-order valence-corrected chi connectivity index (χ0v) is 18.2. The van der Waals surface area contributed by atoms with Crippen LogP contribution in [0.1, 0.15) is 16.8 Å². The van der Waals surface area contributed by atoms with Crippen LogP contribution < -0.4 is 14.2 Å². The molecule has 8 heteroatoms. The number of aryl methyl sites for hydroxylation is 2. The Morgan fingerprint density at radius 2 is 1.66 bits per heavy atom. The minimum absolute atomic E-state index is 0.338. The Morgan fingerprint density at radius 3 is 2.31 bits per heavy atom. The Labute approximate surface area is 179 Å². The maximum atomic E-state index is 6.35. The fourth-order valence-electron chi connectivity index (χ4n) is 2.81. The van der Waals surface area contributed by atoms with Gasteiger partial charge in [-0.3, -0.25) is 0 Å². The van der Waals surface area contributed by atoms with Crippen LogP contribution in [0.25, 0.3) is 0 Å². The van der Waals surface area contributed by atoms with Gasteiger partial charge in [-0.05, 0) is 30.7 Å². The molecule has 29 heavy (non-hydrogen) atoms. The topological polar surface area (TPSA) is 54.7 Å². The number of hydrogen-bond donors (Lipinski definition) is 0. The molecule has 0 N–H and O–H groups in total. The Balaban J connectivity index is 1.82. The van der Waals surface area contributed by atoms with Gasteiger partial charge in [0.15, 0.2) is 5.75 Å². The summed E-state index contributed by atoms with van der Waals surface area (Å²) in [7, 11) is 5.05. The largest absolute Gasteiger partial charge is 0.497 e. The molecule has 0 bridgehead atoms. The van der Waals surface area contributed by atoms with Crippen molar-refractivity contribution >= 4 is 23.2 Å². The predicted molar refractivity (Wildman–Crippen MR) is 113 cm³/mol. The van der Waals surface area contributed by atoms with Crippen LogP contribution in [0.15, 0.2) is 36.4 Å². The number of ether oxygens (including phenoxy) is 4. The highest BCUT2D eigenvalue weighted by Crippen LogP contribution is 2.39. The van der Waals surface area contributed by atoms with Crippen LogP contribution in [0.5, 0.6) is 23.1 Å². The Kier molecular flexibility index (Phi) is 6.90. The molecule has 2 aromatic carbocycles. The molecule has 0 unspecified atom stereocenters. The number of aromatic nitrogens is 2. The first-order valence-electron chi connectivity index (χ1n) is 8.87. The van der Waals surface area contributed by atoms with Crippen LogP contribution in [0.4, 0.5) is 0 Å². The fraction of sp³-hybridized carbons (Fsp3) is 0.286. The molecule has 0 spiro atoms. The third-order valence-corrected chi connectivity index (χ3v) is 4.91. The number of nitrogens with zero attached hydrogens (tertiary/aromatic N) is 2. The van der Waals surface area contributed by atoms with E-state index in [1.54, 1.807) is 38.1 Å². The van der Waals surface area contributed by atoms with E-state index in [4.69, 9.17) is 42.1 Å². The summed E-state index contributed by atoms with van der Waals surface area (Å²) in [6, 6.07) is 10.9. The van der Waals surface area contributed by atoms with Crippen molar-refractivity contribution in [3.8, 4) is 23.1 Å². The second kappa shape index (κ2) is 9.39. The summed E-state index contributed by atoms with van der Waals surface area (Å²) in [6.45, 7) is 2.61. The van der Waals surface area contributed by atoms with E-state index < -0.39 is 0 Å². The normalized spacial score (nSPS) is 10.8. The van der Waals surface area contributed by atoms with Gasteiger partial charge in [0.05, 0.1) is 35.0 Å². The van der Waals surface area contributed by atoms with Gasteiger partial charge in [0.25, 0.3) is 0 Å². The van der Waals surface area contributed by atoms with Crippen molar-refractivity contribution in [1.82, 2.24) is 9.78 Å². The van der Waals surface area contributed by atoms with Crippen LogP contribution in [-0.2, 0) is 25.0 Å². The quantitative estimate of drug-likeness (QED) is 0.462. The summed E-state index contributed by atoms with van der Waals surface area (Å²) in [5, 5.41) is 5.15. The van der Waals surface area contributed by atoms with E-state index >= 15 is 0 Å². The molecular formula is C21H22Cl2N2O4. The van der Waals surface area contributed by atoms with Crippen molar-refractivity contribution in [2.45, 2.75) is 20.1 Å². The Bertz CT molecular complexity index is 987. The summed E-state index contributed by atoms with van der Waals surface area (Å²) in [5.41, 5.74) is 2.65. The molecule has 0 amide bonds. The second-order valence-corrected chi connectivity index (χ2v) is 7.19. The van der Waals surface area contributed by atoms with E-state index in [0.717, 1.165) is 22.6 Å². The molecule has 1 heterocycles. The highest BCUT2D eigenvalue weighted by atomic mass is 35.5. The summed E-state index contributed by atoms with van der Waals surface area (Å²) in [4.78, 5) is 0. The minimum atomic E-state index is 0.338. The van der Waals surface area contributed by atoms with Gasteiger partial charge >= 0.3 is 0 Å². The average Bonchev–Trinajstić information content (AvgIpc) is 2.96. The first-order valence-corrected chi connectivity index (χ1v) is 9.62. The number of hydrogen-bond acceptors (Lipinski definition) is 5. The third-order valence-electron chi connectivity index (χ3n) is 4.32. The van der Waals surface area contributed by atoms with Crippen molar-refractivity contribution in [3.63, 3.8) is 0 Å². The van der Waals surface area contributed by atoms with Crippen molar-refractivity contribution in [1.29, 1.82) is 0 Å². The highest BCUT2D eigenvalue weighted by molar-refractivity contribution is 6.36. The monoisotopic (exact) mass is 436 g/mol. The van der Waals surface area contributed by atoms with E-state index in [1.807, 2.05) is 31.2 Å². The zero-order valence-electron chi connectivity index (χ0n) is 16.7. The lowest BCUT2D eigenvalue weighted by atomic mass is 10.2. The summed E-state index contributed by atoms with van der Waals surface area (Å²) >= 11 is 12.7. The molecule has 0 aliphatic rings. The Morgan fingerprint density at radius 1 is 0.966 bits per heavy atom. The maximum absolute atomic E-state index is 6.35. The number of methoxy groups -OCH3 is 2. The minimum Gasteiger partial charge on any atom is -0.497 e. The van der Waals surface area contributed by atoms with Crippen molar-refractivity contribution < 1.29 is 18.9 Å². The number of rotatable bonds is 8. The lowest BCUT2D eigenvalue weighted by molar-refractivity contribution is 0.181. The Hall–Kier alpha value is -2.41. The lowest BCUT2D eigenvalue weighted by Gasteiger charge is -2.14. The summed E-state index contributed by atoms with van der Waals surface area (Å²) in [6.07, 6.45) is 0. The first kappa shape index (κ1) is 21.3. The van der Waals surface area contributed by atoms with Crippen LogP contribution in [0.2, 0.25) is 10.0 Å². The second-order valence-electron chi connectivity index (χ2n) is 6.38. The van der Waals surface area contributed by atoms with Crippen molar-refractivity contribution in [2.24, 2.45) is 7.05 Å². The first-order chi connectivity index (χ1) is 13.9. The van der Waals surface area contributed by atoms with Gasteiger partial charge in [-0.15, -0.1) is 0 Å². The smallest absolute Gasteiger partial charge is 0.223 e. The van der Waals surface area contributed by atoms with E-state index in [-0.39, 0.29) is 0 Å². The third kappa shape index (κ3) is 4.96. The van der Waals surface area contributed by atoms with Gasteiger partial charge in [-0.1, -0.05) is 35.3 Å². The van der Waals surface area contributed by atoms with E-state index in [1.165, 1.54) is 0 Å². The molecule has 1 aromatic heterocycles. The maximum Gasteiger partial charge on any atom is 0.223 e. The highest BCUT2D eigenvalue weighted by Gasteiger charge is 2.18. The lowest BCUT2D eigenvalue weighted by Crippen LogP contribution is -2.00. The molecule has 0 saturated heterocycles. The molecule has 154 valence electrons. The molecule has 0 radical (unpaired) electrons. The number of halogens is 2. The van der Waals surface area contributed by atoms with Crippen molar-refractivity contribution in [2.75, 3.05) is 14.2 Å². The van der Waals surface area contributed by atoms with E-state index in [9.17, 15) is 0 Å². The molecule has 3 rings (SSSR count). The predicted octanol–water partition coefficient (Wildman–Crippen LogP) is 5.56. The molecule has 0 fully saturated rings. The fourth-order valence-corrected chi connectivity index (χ4v) is 3.28. The molecule has 0 saturated carbocycles. The molecule has 6 nitrogen and oxygen atoms in total. The average molecular weight is 437 g/mol. The SMILES string of the molecule is COCc1c(C)nn(C)c1Oc1cc(OCc2ccc(OC)cc2)c(Cl)cc1Cl. The van der Waals surface area contributed by atoms with Gasteiger partial charge in [-0.25, -0.2) is 4.68 Å². The summed E-state index contributed by atoms with van der Waals surface area (Å²) < 4.78 is 24.0.